The van der Waals surface area contributed by atoms with E-state index in [2.05, 4.69) is 24.5 Å². The predicted molar refractivity (Wildman–Crippen MR) is 99.1 cm³/mol. The van der Waals surface area contributed by atoms with Crippen LogP contribution in [0.15, 0.2) is 29.2 Å². The third-order valence-corrected chi connectivity index (χ3v) is 4.05. The minimum atomic E-state index is -0.600. The highest BCUT2D eigenvalue weighted by Gasteiger charge is 2.17. The molecule has 0 aliphatic rings. The number of hydrogen-bond acceptors (Lipinski definition) is 4. The van der Waals surface area contributed by atoms with Gasteiger partial charge in [-0.2, -0.15) is 0 Å². The molecule has 1 aromatic carbocycles. The van der Waals surface area contributed by atoms with Crippen LogP contribution in [-0.2, 0) is 9.59 Å². The molecule has 0 aromatic heterocycles. The molecule has 4 N–H and O–H groups in total. The fourth-order valence-electron chi connectivity index (χ4n) is 1.71. The van der Waals surface area contributed by atoms with E-state index in [4.69, 9.17) is 5.73 Å². The minimum Gasteiger partial charge on any atom is -0.346 e. The van der Waals surface area contributed by atoms with Crippen molar-refractivity contribution >= 4 is 41.7 Å². The zero-order valence-electron chi connectivity index (χ0n) is 14.0. The van der Waals surface area contributed by atoms with Crippen LogP contribution in [0.1, 0.15) is 27.7 Å². The second kappa shape index (κ2) is 10.5. The van der Waals surface area contributed by atoms with Gasteiger partial charge < -0.3 is 16.4 Å². The molecule has 0 aliphatic carbocycles. The van der Waals surface area contributed by atoms with Crippen LogP contribution in [0.5, 0.6) is 0 Å². The largest absolute Gasteiger partial charge is 0.346 e. The smallest absolute Gasteiger partial charge is 0.243 e. The third-order valence-electron chi connectivity index (χ3n) is 2.97. The molecule has 7 heteroatoms. The first-order chi connectivity index (χ1) is 10.3. The number of hydrogen-bond donors (Lipinski definition) is 3. The lowest BCUT2D eigenvalue weighted by atomic mass is 10.1. The SMILES string of the molecule is CC(C)Sc1ccccc1NC(=O)CNC(=O)[C@@H](N)C(C)C.Cl. The second-order valence-electron chi connectivity index (χ2n) is 5.70. The Morgan fingerprint density at radius 2 is 1.78 bits per heavy atom. The van der Waals surface area contributed by atoms with Crippen molar-refractivity contribution in [1.82, 2.24) is 5.32 Å². The van der Waals surface area contributed by atoms with Gasteiger partial charge in [0, 0.05) is 10.1 Å². The predicted octanol–water partition coefficient (Wildman–Crippen LogP) is 2.65. The summed E-state index contributed by atoms with van der Waals surface area (Å²) < 4.78 is 0. The Morgan fingerprint density at radius 1 is 1.17 bits per heavy atom. The highest BCUT2D eigenvalue weighted by Crippen LogP contribution is 2.29. The van der Waals surface area contributed by atoms with Crippen LogP contribution in [0.2, 0.25) is 0 Å². The summed E-state index contributed by atoms with van der Waals surface area (Å²) in [6, 6.07) is 7.02. The lowest BCUT2D eigenvalue weighted by Crippen LogP contribution is -2.46. The lowest BCUT2D eigenvalue weighted by Gasteiger charge is -2.16. The molecule has 1 aromatic rings. The normalized spacial score (nSPS) is 11.8. The molecule has 0 fully saturated rings. The molecule has 130 valence electrons. The van der Waals surface area contributed by atoms with Crippen molar-refractivity contribution in [2.75, 3.05) is 11.9 Å². The Hall–Kier alpha value is -1.24. The first-order valence-electron chi connectivity index (χ1n) is 7.40. The summed E-state index contributed by atoms with van der Waals surface area (Å²) in [6.45, 7) is 7.83. The van der Waals surface area contributed by atoms with Crippen molar-refractivity contribution in [3.63, 3.8) is 0 Å². The number of carbonyl (C=O) groups excluding carboxylic acids is 2. The average molecular weight is 360 g/mol. The Labute approximate surface area is 148 Å². The lowest BCUT2D eigenvalue weighted by molar-refractivity contribution is -0.125. The number of carbonyl (C=O) groups is 2. The van der Waals surface area contributed by atoms with Gasteiger partial charge in [0.05, 0.1) is 18.3 Å². The molecule has 0 unspecified atom stereocenters. The van der Waals surface area contributed by atoms with E-state index in [-0.39, 0.29) is 36.7 Å². The first kappa shape index (κ1) is 21.8. The van der Waals surface area contributed by atoms with Crippen molar-refractivity contribution in [2.45, 2.75) is 43.9 Å². The summed E-state index contributed by atoms with van der Waals surface area (Å²) in [4.78, 5) is 24.7. The van der Waals surface area contributed by atoms with E-state index in [1.54, 1.807) is 11.8 Å². The van der Waals surface area contributed by atoms with Gasteiger partial charge in [-0.3, -0.25) is 9.59 Å². The van der Waals surface area contributed by atoms with Gasteiger partial charge >= 0.3 is 0 Å². The van der Waals surface area contributed by atoms with Gasteiger partial charge in [-0.05, 0) is 18.1 Å². The molecular formula is C16H26ClN3O2S. The molecule has 5 nitrogen and oxygen atoms in total. The topological polar surface area (TPSA) is 84.2 Å². The number of para-hydroxylation sites is 1. The van der Waals surface area contributed by atoms with Crippen LogP contribution in [-0.4, -0.2) is 29.7 Å². The van der Waals surface area contributed by atoms with Gasteiger partial charge in [-0.15, -0.1) is 24.2 Å². The molecule has 0 saturated heterocycles. The first-order valence-corrected chi connectivity index (χ1v) is 8.28. The minimum absolute atomic E-state index is 0. The summed E-state index contributed by atoms with van der Waals surface area (Å²) in [7, 11) is 0. The van der Waals surface area contributed by atoms with E-state index in [0.717, 1.165) is 10.6 Å². The van der Waals surface area contributed by atoms with Crippen molar-refractivity contribution in [3.05, 3.63) is 24.3 Å². The van der Waals surface area contributed by atoms with E-state index >= 15 is 0 Å². The summed E-state index contributed by atoms with van der Waals surface area (Å²) in [5.41, 5.74) is 6.49. The fraction of sp³-hybridized carbons (Fsp3) is 0.500. The maximum atomic E-state index is 12.0. The second-order valence-corrected chi connectivity index (χ2v) is 7.32. The number of nitrogens with one attached hydrogen (secondary N) is 2. The van der Waals surface area contributed by atoms with E-state index in [9.17, 15) is 9.59 Å². The Bertz CT molecular complexity index is 524. The fourth-order valence-corrected chi connectivity index (χ4v) is 2.62. The summed E-state index contributed by atoms with van der Waals surface area (Å²) in [5.74, 6) is -0.540. The van der Waals surface area contributed by atoms with Gasteiger partial charge in [0.2, 0.25) is 11.8 Å². The molecule has 0 aliphatic heterocycles. The molecule has 0 heterocycles. The van der Waals surface area contributed by atoms with Gasteiger partial charge in [0.1, 0.15) is 0 Å². The maximum absolute atomic E-state index is 12.0. The van der Waals surface area contributed by atoms with Crippen molar-refractivity contribution in [1.29, 1.82) is 0 Å². The molecule has 1 atom stereocenters. The number of thioether (sulfide) groups is 1. The van der Waals surface area contributed by atoms with Gasteiger partial charge in [-0.1, -0.05) is 39.8 Å². The number of halogens is 1. The van der Waals surface area contributed by atoms with Crippen LogP contribution in [0, 0.1) is 5.92 Å². The molecule has 0 radical (unpaired) electrons. The Kier molecular flexibility index (Phi) is 9.95. The van der Waals surface area contributed by atoms with E-state index in [0.29, 0.717) is 5.25 Å². The quantitative estimate of drug-likeness (QED) is 0.653. The number of rotatable bonds is 7. The highest BCUT2D eigenvalue weighted by molar-refractivity contribution is 8.00. The molecule has 1 rings (SSSR count). The maximum Gasteiger partial charge on any atom is 0.243 e. The summed E-state index contributed by atoms with van der Waals surface area (Å²) >= 11 is 1.68. The number of benzene rings is 1. The molecule has 2 amide bonds. The van der Waals surface area contributed by atoms with Crippen LogP contribution in [0.4, 0.5) is 5.69 Å². The summed E-state index contributed by atoms with van der Waals surface area (Å²) in [5, 5.41) is 5.80. The van der Waals surface area contributed by atoms with Crippen LogP contribution in [0.25, 0.3) is 0 Å². The Morgan fingerprint density at radius 3 is 2.35 bits per heavy atom. The zero-order chi connectivity index (χ0) is 16.7. The molecule has 0 spiro atoms. The monoisotopic (exact) mass is 359 g/mol. The number of nitrogens with two attached hydrogens (primary N) is 1. The molecule has 23 heavy (non-hydrogen) atoms. The van der Waals surface area contributed by atoms with Crippen LogP contribution >= 0.6 is 24.2 Å². The summed E-state index contributed by atoms with van der Waals surface area (Å²) in [6.07, 6.45) is 0. The number of amides is 2. The van der Waals surface area contributed by atoms with Gasteiger partial charge in [0.15, 0.2) is 0 Å². The standard InChI is InChI=1S/C16H25N3O2S.ClH/c1-10(2)15(17)16(21)18-9-14(20)19-12-7-5-6-8-13(12)22-11(3)4;/h5-8,10-11,15H,9,17H2,1-4H3,(H,18,21)(H,19,20);1H/t15-;/m0./s1. The van der Waals surface area contributed by atoms with Gasteiger partial charge in [0.25, 0.3) is 0 Å². The van der Waals surface area contributed by atoms with Crippen molar-refractivity contribution in [3.8, 4) is 0 Å². The molecule has 0 saturated carbocycles. The number of anilines is 1. The van der Waals surface area contributed by atoms with Gasteiger partial charge in [-0.25, -0.2) is 0 Å². The average Bonchev–Trinajstić information content (AvgIpc) is 2.45. The van der Waals surface area contributed by atoms with Crippen molar-refractivity contribution in [2.24, 2.45) is 11.7 Å². The van der Waals surface area contributed by atoms with Crippen LogP contribution < -0.4 is 16.4 Å². The van der Waals surface area contributed by atoms with E-state index in [1.807, 2.05) is 38.1 Å². The third kappa shape index (κ3) is 7.72. The molecular weight excluding hydrogens is 334 g/mol. The highest BCUT2D eigenvalue weighted by atomic mass is 35.5. The van der Waals surface area contributed by atoms with Crippen molar-refractivity contribution < 1.29 is 9.59 Å². The van der Waals surface area contributed by atoms with E-state index < -0.39 is 6.04 Å². The molecule has 0 bridgehead atoms. The van der Waals surface area contributed by atoms with Crippen LogP contribution in [0.3, 0.4) is 0 Å². The van der Waals surface area contributed by atoms with E-state index in [1.165, 1.54) is 0 Å². The zero-order valence-corrected chi connectivity index (χ0v) is 15.6. The Balaban J connectivity index is 0.00000484.